The van der Waals surface area contributed by atoms with Crippen LogP contribution in [-0.2, 0) is 0 Å². The number of rotatable bonds is 0. The topological polar surface area (TPSA) is 25.8 Å². The first-order valence-electron chi connectivity index (χ1n) is 3.87. The highest BCUT2D eigenvalue weighted by Crippen LogP contribution is 2.24. The summed E-state index contributed by atoms with van der Waals surface area (Å²) in [5.74, 6) is -0.347. The highest BCUT2D eigenvalue weighted by Gasteiger charge is 2.07. The van der Waals surface area contributed by atoms with Gasteiger partial charge in [-0.05, 0) is 28.9 Å². The van der Waals surface area contributed by atoms with Crippen molar-refractivity contribution in [2.24, 2.45) is 0 Å². The second-order valence-electron chi connectivity index (χ2n) is 2.86. The van der Waals surface area contributed by atoms with Gasteiger partial charge >= 0.3 is 0 Å². The van der Waals surface area contributed by atoms with Gasteiger partial charge in [-0.25, -0.2) is 14.4 Å². The van der Waals surface area contributed by atoms with Gasteiger partial charge in [0.05, 0.1) is 11.2 Å². The van der Waals surface area contributed by atoms with Crippen LogP contribution < -0.4 is 0 Å². The molecular formula is C9H5BrClFN2. The number of fused-ring (bicyclic) bond motifs is 1. The molecule has 0 N–H and O–H groups in total. The monoisotopic (exact) mass is 274 g/mol. The molecule has 14 heavy (non-hydrogen) atoms. The first-order chi connectivity index (χ1) is 6.58. The van der Waals surface area contributed by atoms with Gasteiger partial charge in [0.2, 0.25) is 0 Å². The Hall–Kier alpha value is -0.740. The maximum Gasteiger partial charge on any atom is 0.151 e. The molecule has 0 saturated carbocycles. The minimum absolute atomic E-state index is 0.338. The minimum Gasteiger partial charge on any atom is -0.248 e. The maximum atomic E-state index is 13.0. The van der Waals surface area contributed by atoms with Crippen LogP contribution in [0.1, 0.15) is 5.69 Å². The SMILES string of the molecule is Cc1nc2cc(F)cc(Br)c2nc1Cl. The van der Waals surface area contributed by atoms with Crippen molar-refractivity contribution in [1.29, 1.82) is 0 Å². The largest absolute Gasteiger partial charge is 0.248 e. The highest BCUT2D eigenvalue weighted by atomic mass is 79.9. The molecule has 0 saturated heterocycles. The molecule has 0 amide bonds. The smallest absolute Gasteiger partial charge is 0.151 e. The normalized spacial score (nSPS) is 10.9. The first-order valence-corrected chi connectivity index (χ1v) is 5.04. The van der Waals surface area contributed by atoms with Crippen molar-refractivity contribution in [3.8, 4) is 0 Å². The third-order valence-corrected chi connectivity index (χ3v) is 2.77. The molecule has 1 heterocycles. The number of nitrogens with zero attached hydrogens (tertiary/aromatic N) is 2. The van der Waals surface area contributed by atoms with Crippen molar-refractivity contribution in [3.63, 3.8) is 0 Å². The van der Waals surface area contributed by atoms with Gasteiger partial charge in [0.15, 0.2) is 5.15 Å². The van der Waals surface area contributed by atoms with Crippen LogP contribution in [0.15, 0.2) is 16.6 Å². The third-order valence-electron chi connectivity index (χ3n) is 1.80. The second kappa shape index (κ2) is 3.44. The van der Waals surface area contributed by atoms with Gasteiger partial charge in [-0.15, -0.1) is 0 Å². The van der Waals surface area contributed by atoms with Crippen LogP contribution >= 0.6 is 27.5 Å². The maximum absolute atomic E-state index is 13.0. The standard InChI is InChI=1S/C9H5BrClFN2/c1-4-9(11)14-8-6(10)2-5(12)3-7(8)13-4/h2-3H,1H3. The van der Waals surface area contributed by atoms with Gasteiger partial charge < -0.3 is 0 Å². The van der Waals surface area contributed by atoms with E-state index in [1.807, 2.05) is 0 Å². The number of aryl methyl sites for hydroxylation is 1. The van der Waals surface area contributed by atoms with E-state index in [1.54, 1.807) is 6.92 Å². The molecule has 0 bridgehead atoms. The molecule has 0 aliphatic rings. The lowest BCUT2D eigenvalue weighted by molar-refractivity contribution is 0.628. The average Bonchev–Trinajstić information content (AvgIpc) is 2.08. The Morgan fingerprint density at radius 3 is 2.79 bits per heavy atom. The van der Waals surface area contributed by atoms with E-state index in [0.29, 0.717) is 26.4 Å². The van der Waals surface area contributed by atoms with E-state index in [1.165, 1.54) is 12.1 Å². The Morgan fingerprint density at radius 1 is 1.36 bits per heavy atom. The molecule has 2 aromatic rings. The molecular weight excluding hydrogens is 270 g/mol. The number of aromatic nitrogens is 2. The number of hydrogen-bond donors (Lipinski definition) is 0. The molecule has 5 heteroatoms. The number of hydrogen-bond acceptors (Lipinski definition) is 2. The van der Waals surface area contributed by atoms with Crippen molar-refractivity contribution in [2.45, 2.75) is 6.92 Å². The predicted molar refractivity (Wildman–Crippen MR) is 56.9 cm³/mol. The van der Waals surface area contributed by atoms with E-state index in [2.05, 4.69) is 25.9 Å². The Bertz CT molecular complexity index is 516. The van der Waals surface area contributed by atoms with Crippen molar-refractivity contribution < 1.29 is 4.39 Å². The van der Waals surface area contributed by atoms with Gasteiger partial charge in [-0.2, -0.15) is 0 Å². The second-order valence-corrected chi connectivity index (χ2v) is 4.07. The molecule has 0 radical (unpaired) electrons. The van der Waals surface area contributed by atoms with Crippen molar-refractivity contribution in [1.82, 2.24) is 9.97 Å². The molecule has 0 fully saturated rings. The summed E-state index contributed by atoms with van der Waals surface area (Å²) >= 11 is 9.02. The van der Waals surface area contributed by atoms with E-state index >= 15 is 0 Å². The van der Waals surface area contributed by atoms with Gasteiger partial charge in [0, 0.05) is 10.5 Å². The summed E-state index contributed by atoms with van der Waals surface area (Å²) in [5.41, 5.74) is 1.66. The summed E-state index contributed by atoms with van der Waals surface area (Å²) in [4.78, 5) is 8.24. The lowest BCUT2D eigenvalue weighted by Crippen LogP contribution is -1.91. The van der Waals surface area contributed by atoms with Crippen molar-refractivity contribution in [2.75, 3.05) is 0 Å². The van der Waals surface area contributed by atoms with Crippen LogP contribution in [-0.4, -0.2) is 9.97 Å². The van der Waals surface area contributed by atoms with Crippen molar-refractivity contribution >= 4 is 38.6 Å². The third kappa shape index (κ3) is 1.60. The van der Waals surface area contributed by atoms with Gasteiger partial charge in [0.1, 0.15) is 11.3 Å². The van der Waals surface area contributed by atoms with Gasteiger partial charge in [-0.3, -0.25) is 0 Å². The molecule has 0 spiro atoms. The Kier molecular flexibility index (Phi) is 2.41. The van der Waals surface area contributed by atoms with Gasteiger partial charge in [0.25, 0.3) is 0 Å². The average molecular weight is 276 g/mol. The van der Waals surface area contributed by atoms with Crippen molar-refractivity contribution in [3.05, 3.63) is 33.3 Å². The predicted octanol–water partition coefficient (Wildman–Crippen LogP) is 3.49. The molecule has 0 aliphatic carbocycles. The lowest BCUT2D eigenvalue weighted by atomic mass is 10.3. The zero-order valence-corrected chi connectivity index (χ0v) is 9.52. The summed E-state index contributed by atoms with van der Waals surface area (Å²) < 4.78 is 13.6. The fourth-order valence-electron chi connectivity index (χ4n) is 1.15. The molecule has 0 atom stereocenters. The molecule has 0 unspecified atom stereocenters. The molecule has 2 rings (SSSR count). The van der Waals surface area contributed by atoms with Crippen LogP contribution in [0.3, 0.4) is 0 Å². The summed E-state index contributed by atoms with van der Waals surface area (Å²) in [6.45, 7) is 1.73. The minimum atomic E-state index is -0.347. The van der Waals surface area contributed by atoms with Gasteiger partial charge in [-0.1, -0.05) is 11.6 Å². The van der Waals surface area contributed by atoms with E-state index in [-0.39, 0.29) is 5.82 Å². The summed E-state index contributed by atoms with van der Waals surface area (Å²) in [7, 11) is 0. The van der Waals surface area contributed by atoms with Crippen LogP contribution in [0, 0.1) is 12.7 Å². The fraction of sp³-hybridized carbons (Fsp3) is 0.111. The fourth-order valence-corrected chi connectivity index (χ4v) is 1.79. The van der Waals surface area contributed by atoms with Crippen LogP contribution in [0.25, 0.3) is 11.0 Å². The molecule has 0 aliphatic heterocycles. The lowest BCUT2D eigenvalue weighted by Gasteiger charge is -2.02. The molecule has 72 valence electrons. The summed E-state index contributed by atoms with van der Waals surface area (Å²) in [6.07, 6.45) is 0. The highest BCUT2D eigenvalue weighted by molar-refractivity contribution is 9.10. The zero-order chi connectivity index (χ0) is 10.3. The number of benzene rings is 1. The van der Waals surface area contributed by atoms with E-state index in [0.717, 1.165) is 0 Å². The van der Waals surface area contributed by atoms with E-state index < -0.39 is 0 Å². The molecule has 1 aromatic carbocycles. The summed E-state index contributed by atoms with van der Waals surface area (Å²) in [5, 5.41) is 0.338. The molecule has 1 aromatic heterocycles. The Labute approximate surface area is 93.3 Å². The zero-order valence-electron chi connectivity index (χ0n) is 7.18. The first kappa shape index (κ1) is 9.80. The van der Waals surface area contributed by atoms with Crippen LogP contribution in [0.5, 0.6) is 0 Å². The summed E-state index contributed by atoms with van der Waals surface area (Å²) in [6, 6.07) is 2.67. The van der Waals surface area contributed by atoms with E-state index in [9.17, 15) is 4.39 Å². The molecule has 2 nitrogen and oxygen atoms in total. The quantitative estimate of drug-likeness (QED) is 0.735. The Morgan fingerprint density at radius 2 is 2.07 bits per heavy atom. The van der Waals surface area contributed by atoms with Crippen LogP contribution in [0.4, 0.5) is 4.39 Å². The van der Waals surface area contributed by atoms with Crippen LogP contribution in [0.2, 0.25) is 5.15 Å². The van der Waals surface area contributed by atoms with E-state index in [4.69, 9.17) is 11.6 Å². The number of halogens is 3. The Balaban J connectivity index is 2.89.